The van der Waals surface area contributed by atoms with Gasteiger partial charge in [0.2, 0.25) is 0 Å². The van der Waals surface area contributed by atoms with Gasteiger partial charge in [0.15, 0.2) is 0 Å². The number of nitrogens with zero attached hydrogens (tertiary/aromatic N) is 2. The molecule has 4 nitrogen and oxygen atoms in total. The molecule has 1 aromatic rings. The molecule has 0 radical (unpaired) electrons. The van der Waals surface area contributed by atoms with E-state index in [4.69, 9.17) is 10.5 Å². The largest absolute Gasteiger partial charge is 0.381 e. The summed E-state index contributed by atoms with van der Waals surface area (Å²) in [6.07, 6.45) is 2.43. The molecule has 5 heteroatoms. The summed E-state index contributed by atoms with van der Waals surface area (Å²) in [7, 11) is 3.91. The van der Waals surface area contributed by atoms with Crippen molar-refractivity contribution in [3.05, 3.63) is 16.1 Å². The van der Waals surface area contributed by atoms with Crippen LogP contribution in [0.2, 0.25) is 0 Å². The van der Waals surface area contributed by atoms with Gasteiger partial charge in [-0.3, -0.25) is 4.90 Å². The molecule has 1 aromatic heterocycles. The molecule has 0 atom stereocenters. The third-order valence-corrected chi connectivity index (χ3v) is 4.63. The van der Waals surface area contributed by atoms with Crippen molar-refractivity contribution < 1.29 is 4.74 Å². The fraction of sp³-hybridized carbons (Fsp3) is 0.750. The van der Waals surface area contributed by atoms with Gasteiger partial charge in [0, 0.05) is 31.1 Å². The number of likely N-dealkylation sites (N-methyl/N-ethyl adjacent to an activating group) is 1. The highest BCUT2D eigenvalue weighted by Crippen LogP contribution is 2.38. The zero-order valence-electron chi connectivity index (χ0n) is 10.8. The Kier molecular flexibility index (Phi) is 3.82. The average molecular weight is 255 g/mol. The van der Waals surface area contributed by atoms with Gasteiger partial charge in [-0.2, -0.15) is 0 Å². The summed E-state index contributed by atoms with van der Waals surface area (Å²) in [5.74, 6) is 0. The quantitative estimate of drug-likeness (QED) is 0.864. The van der Waals surface area contributed by atoms with E-state index in [1.54, 1.807) is 18.4 Å². The minimum Gasteiger partial charge on any atom is -0.381 e. The van der Waals surface area contributed by atoms with E-state index >= 15 is 0 Å². The minimum atomic E-state index is 0.109. The summed E-state index contributed by atoms with van der Waals surface area (Å²) in [5, 5.41) is 3.25. The van der Waals surface area contributed by atoms with Crippen LogP contribution in [-0.2, 0) is 11.3 Å². The van der Waals surface area contributed by atoms with Crippen LogP contribution in [0.3, 0.4) is 0 Å². The lowest BCUT2D eigenvalue weighted by atomic mass is 9.73. The molecule has 0 amide bonds. The second kappa shape index (κ2) is 5.02. The van der Waals surface area contributed by atoms with Crippen molar-refractivity contribution >= 4 is 11.3 Å². The number of ether oxygens (including phenoxy) is 1. The van der Waals surface area contributed by atoms with Crippen LogP contribution in [0.4, 0.5) is 0 Å². The Labute approximate surface area is 107 Å². The first-order valence-electron chi connectivity index (χ1n) is 5.95. The van der Waals surface area contributed by atoms with Gasteiger partial charge in [-0.05, 0) is 26.8 Å². The summed E-state index contributed by atoms with van der Waals surface area (Å²) in [4.78, 5) is 6.83. The number of methoxy groups -OCH3 is 1. The van der Waals surface area contributed by atoms with Crippen LogP contribution >= 0.6 is 11.3 Å². The number of aromatic nitrogens is 1. The number of hydrogen-bond acceptors (Lipinski definition) is 5. The van der Waals surface area contributed by atoms with Crippen LogP contribution < -0.4 is 5.73 Å². The third kappa shape index (κ3) is 2.52. The summed E-state index contributed by atoms with van der Waals surface area (Å²) in [6.45, 7) is 3.60. The highest BCUT2D eigenvalue weighted by molar-refractivity contribution is 7.09. The molecule has 2 rings (SSSR count). The molecule has 0 unspecified atom stereocenters. The fourth-order valence-corrected chi connectivity index (χ4v) is 3.08. The molecule has 0 saturated heterocycles. The predicted octanol–water partition coefficient (Wildman–Crippen LogP) is 1.39. The number of aryl methyl sites for hydroxylation is 1. The van der Waals surface area contributed by atoms with Crippen molar-refractivity contribution in [2.24, 2.45) is 5.73 Å². The Hall–Kier alpha value is -0.490. The standard InChI is InChI=1S/C12H21N3OS/c1-9-14-10(7-17-9)6-15(2)12(8-13)4-11(5-12)16-3/h7,11H,4-6,8,13H2,1-3H3. The molecule has 1 saturated carbocycles. The van der Waals surface area contributed by atoms with Gasteiger partial charge in [0.05, 0.1) is 16.8 Å². The Bertz CT molecular complexity index is 374. The fourth-order valence-electron chi connectivity index (χ4n) is 2.48. The molecule has 1 fully saturated rings. The van der Waals surface area contributed by atoms with E-state index < -0.39 is 0 Å². The molecule has 0 bridgehead atoms. The second-order valence-corrected chi connectivity index (χ2v) is 5.97. The zero-order valence-corrected chi connectivity index (χ0v) is 11.6. The van der Waals surface area contributed by atoms with Gasteiger partial charge in [-0.15, -0.1) is 11.3 Å². The molecule has 2 N–H and O–H groups in total. The van der Waals surface area contributed by atoms with Crippen molar-refractivity contribution in [3.8, 4) is 0 Å². The normalized spacial score (nSPS) is 28.4. The van der Waals surface area contributed by atoms with E-state index in [9.17, 15) is 0 Å². The molecule has 1 aliphatic carbocycles. The molecule has 96 valence electrons. The Morgan fingerprint density at radius 3 is 2.82 bits per heavy atom. The molecular formula is C12H21N3OS. The van der Waals surface area contributed by atoms with Gasteiger partial charge >= 0.3 is 0 Å². The van der Waals surface area contributed by atoms with Gasteiger partial charge in [-0.25, -0.2) is 4.98 Å². The summed E-state index contributed by atoms with van der Waals surface area (Å²) in [5.41, 5.74) is 7.18. The smallest absolute Gasteiger partial charge is 0.0897 e. The van der Waals surface area contributed by atoms with Crippen LogP contribution in [0.5, 0.6) is 0 Å². The highest BCUT2D eigenvalue weighted by atomic mass is 32.1. The lowest BCUT2D eigenvalue weighted by Gasteiger charge is -2.51. The van der Waals surface area contributed by atoms with E-state index in [0.29, 0.717) is 12.6 Å². The predicted molar refractivity (Wildman–Crippen MR) is 70.1 cm³/mol. The average Bonchev–Trinajstić information content (AvgIpc) is 2.64. The zero-order chi connectivity index (χ0) is 12.5. The molecule has 17 heavy (non-hydrogen) atoms. The summed E-state index contributed by atoms with van der Waals surface area (Å²) < 4.78 is 5.35. The van der Waals surface area contributed by atoms with Crippen molar-refractivity contribution in [2.75, 3.05) is 20.7 Å². The Morgan fingerprint density at radius 2 is 2.35 bits per heavy atom. The Balaban J connectivity index is 1.97. The lowest BCUT2D eigenvalue weighted by molar-refractivity contribution is -0.0814. The molecule has 0 spiro atoms. The van der Waals surface area contributed by atoms with Crippen molar-refractivity contribution in [1.29, 1.82) is 0 Å². The number of thiazole rings is 1. The Morgan fingerprint density at radius 1 is 1.65 bits per heavy atom. The van der Waals surface area contributed by atoms with Crippen LogP contribution in [0, 0.1) is 6.92 Å². The molecule has 1 aliphatic rings. The maximum Gasteiger partial charge on any atom is 0.0897 e. The first-order valence-corrected chi connectivity index (χ1v) is 6.83. The number of rotatable bonds is 5. The summed E-state index contributed by atoms with van der Waals surface area (Å²) in [6, 6.07) is 0. The van der Waals surface area contributed by atoms with E-state index in [1.807, 2.05) is 6.92 Å². The molecule has 0 aliphatic heterocycles. The van der Waals surface area contributed by atoms with Gasteiger partial charge < -0.3 is 10.5 Å². The van der Waals surface area contributed by atoms with Crippen molar-refractivity contribution in [2.45, 2.75) is 38.0 Å². The monoisotopic (exact) mass is 255 g/mol. The van der Waals surface area contributed by atoms with Gasteiger partial charge in [-0.1, -0.05) is 0 Å². The van der Waals surface area contributed by atoms with E-state index in [-0.39, 0.29) is 5.54 Å². The van der Waals surface area contributed by atoms with E-state index in [1.165, 1.54) is 0 Å². The molecule has 1 heterocycles. The maximum atomic E-state index is 5.93. The lowest BCUT2D eigenvalue weighted by Crippen LogP contribution is -2.62. The third-order valence-electron chi connectivity index (χ3n) is 3.80. The minimum absolute atomic E-state index is 0.109. The van der Waals surface area contributed by atoms with Gasteiger partial charge in [0.25, 0.3) is 0 Å². The first kappa shape index (κ1) is 13.0. The molecule has 0 aromatic carbocycles. The number of hydrogen-bond donors (Lipinski definition) is 1. The van der Waals surface area contributed by atoms with Crippen LogP contribution in [0.1, 0.15) is 23.5 Å². The summed E-state index contributed by atoms with van der Waals surface area (Å²) >= 11 is 1.70. The van der Waals surface area contributed by atoms with Gasteiger partial charge in [0.1, 0.15) is 0 Å². The van der Waals surface area contributed by atoms with Crippen LogP contribution in [0.15, 0.2) is 5.38 Å². The second-order valence-electron chi connectivity index (χ2n) is 4.91. The van der Waals surface area contributed by atoms with Crippen molar-refractivity contribution in [3.63, 3.8) is 0 Å². The topological polar surface area (TPSA) is 51.4 Å². The van der Waals surface area contributed by atoms with Crippen LogP contribution in [0.25, 0.3) is 0 Å². The van der Waals surface area contributed by atoms with E-state index in [2.05, 4.69) is 22.3 Å². The maximum absolute atomic E-state index is 5.93. The SMILES string of the molecule is COC1CC(CN)(N(C)Cc2csc(C)n2)C1. The van der Waals surface area contributed by atoms with E-state index in [0.717, 1.165) is 30.1 Å². The van der Waals surface area contributed by atoms with Crippen LogP contribution in [-0.4, -0.2) is 42.2 Å². The number of nitrogens with two attached hydrogens (primary N) is 1. The first-order chi connectivity index (χ1) is 8.09. The van der Waals surface area contributed by atoms with Crippen molar-refractivity contribution in [1.82, 2.24) is 9.88 Å². The molecular weight excluding hydrogens is 234 g/mol. The highest BCUT2D eigenvalue weighted by Gasteiger charge is 2.46.